The molecule has 3 nitrogen and oxygen atoms in total. The highest BCUT2D eigenvalue weighted by molar-refractivity contribution is 5.17. The number of aryl methyl sites for hydroxylation is 1. The van der Waals surface area contributed by atoms with Crippen molar-refractivity contribution in [3.05, 3.63) is 29.6 Å². The smallest absolute Gasteiger partial charge is 0.0572 e. The first-order valence-electron chi connectivity index (χ1n) is 6.39. The third-order valence-electron chi connectivity index (χ3n) is 2.76. The summed E-state index contributed by atoms with van der Waals surface area (Å²) in [6, 6.07) is 4.11. The predicted molar refractivity (Wildman–Crippen MR) is 73.0 cm³/mol. The van der Waals surface area contributed by atoms with Crippen molar-refractivity contribution < 1.29 is 0 Å². The second-order valence-corrected chi connectivity index (χ2v) is 5.10. The summed E-state index contributed by atoms with van der Waals surface area (Å²) in [5, 5.41) is 3.45. The van der Waals surface area contributed by atoms with Gasteiger partial charge >= 0.3 is 0 Å². The van der Waals surface area contributed by atoms with Crippen LogP contribution in [0.25, 0.3) is 0 Å². The summed E-state index contributed by atoms with van der Waals surface area (Å²) in [6.07, 6.45) is 1.87. The minimum Gasteiger partial charge on any atom is -0.315 e. The molecule has 0 amide bonds. The Morgan fingerprint density at radius 3 is 2.82 bits per heavy atom. The van der Waals surface area contributed by atoms with E-state index >= 15 is 0 Å². The van der Waals surface area contributed by atoms with Gasteiger partial charge in [0.05, 0.1) is 5.69 Å². The van der Waals surface area contributed by atoms with Crippen LogP contribution < -0.4 is 5.32 Å². The minimum absolute atomic E-state index is 0.721. The van der Waals surface area contributed by atoms with Crippen molar-refractivity contribution in [3.8, 4) is 0 Å². The topological polar surface area (TPSA) is 28.2 Å². The van der Waals surface area contributed by atoms with E-state index in [9.17, 15) is 0 Å². The van der Waals surface area contributed by atoms with Crippen LogP contribution in [0.3, 0.4) is 0 Å². The summed E-state index contributed by atoms with van der Waals surface area (Å²) in [5.41, 5.74) is 2.45. The molecule has 1 heterocycles. The van der Waals surface area contributed by atoms with Crippen LogP contribution in [0.5, 0.6) is 0 Å². The van der Waals surface area contributed by atoms with Crippen molar-refractivity contribution in [1.82, 2.24) is 15.2 Å². The first kappa shape index (κ1) is 14.1. The van der Waals surface area contributed by atoms with Gasteiger partial charge in [0.2, 0.25) is 0 Å². The third kappa shape index (κ3) is 5.80. The fourth-order valence-electron chi connectivity index (χ4n) is 1.68. The van der Waals surface area contributed by atoms with Gasteiger partial charge in [-0.3, -0.25) is 9.88 Å². The minimum atomic E-state index is 0.721. The van der Waals surface area contributed by atoms with Gasteiger partial charge in [-0.1, -0.05) is 19.9 Å². The predicted octanol–water partition coefficient (Wildman–Crippen LogP) is 2.07. The fourth-order valence-corrected chi connectivity index (χ4v) is 1.68. The Balaban J connectivity index is 2.25. The Morgan fingerprint density at radius 1 is 1.41 bits per heavy atom. The molecule has 17 heavy (non-hydrogen) atoms. The van der Waals surface area contributed by atoms with Crippen LogP contribution in [0.15, 0.2) is 18.3 Å². The second kappa shape index (κ2) is 7.41. The molecule has 0 aliphatic heterocycles. The highest BCUT2D eigenvalue weighted by atomic mass is 15.1. The van der Waals surface area contributed by atoms with Crippen LogP contribution in [0.4, 0.5) is 0 Å². The summed E-state index contributed by atoms with van der Waals surface area (Å²) in [4.78, 5) is 6.72. The molecule has 0 aliphatic carbocycles. The molecule has 3 heteroatoms. The van der Waals surface area contributed by atoms with E-state index in [1.54, 1.807) is 0 Å². The van der Waals surface area contributed by atoms with Gasteiger partial charge in [0.25, 0.3) is 0 Å². The number of rotatable bonds is 7. The van der Waals surface area contributed by atoms with Gasteiger partial charge in [-0.2, -0.15) is 0 Å². The van der Waals surface area contributed by atoms with E-state index < -0.39 is 0 Å². The summed E-state index contributed by atoms with van der Waals surface area (Å²) in [5.74, 6) is 0.721. The highest BCUT2D eigenvalue weighted by Gasteiger charge is 2.03. The number of pyridine rings is 1. The standard InChI is InChI=1S/C14H25N3/c1-12(2)10-15-8-9-17(4)11-14-13(3)6-5-7-16-14/h5-7,12,15H,8-11H2,1-4H3. The maximum absolute atomic E-state index is 4.41. The molecule has 0 atom stereocenters. The molecule has 0 aromatic carbocycles. The Hall–Kier alpha value is -0.930. The summed E-state index contributed by atoms with van der Waals surface area (Å²) >= 11 is 0. The summed E-state index contributed by atoms with van der Waals surface area (Å²) < 4.78 is 0. The van der Waals surface area contributed by atoms with Gasteiger partial charge in [-0.25, -0.2) is 0 Å². The van der Waals surface area contributed by atoms with Crippen molar-refractivity contribution in [3.63, 3.8) is 0 Å². The highest BCUT2D eigenvalue weighted by Crippen LogP contribution is 2.05. The van der Waals surface area contributed by atoms with Crippen LogP contribution in [0.2, 0.25) is 0 Å². The zero-order chi connectivity index (χ0) is 12.7. The van der Waals surface area contributed by atoms with Crippen LogP contribution in [0, 0.1) is 12.8 Å². The van der Waals surface area contributed by atoms with Gasteiger partial charge in [-0.05, 0) is 38.1 Å². The fraction of sp³-hybridized carbons (Fsp3) is 0.643. The van der Waals surface area contributed by atoms with Gasteiger partial charge in [-0.15, -0.1) is 0 Å². The van der Waals surface area contributed by atoms with Crippen molar-refractivity contribution in [1.29, 1.82) is 0 Å². The summed E-state index contributed by atoms with van der Waals surface area (Å²) in [6.45, 7) is 10.7. The molecule has 0 aliphatic rings. The lowest BCUT2D eigenvalue weighted by Crippen LogP contribution is -2.31. The molecule has 1 rings (SSSR count). The average Bonchev–Trinajstić information content (AvgIpc) is 2.27. The second-order valence-electron chi connectivity index (χ2n) is 5.10. The normalized spacial score (nSPS) is 11.4. The van der Waals surface area contributed by atoms with Crippen molar-refractivity contribution in [2.45, 2.75) is 27.3 Å². The van der Waals surface area contributed by atoms with Gasteiger partial charge in [0.1, 0.15) is 0 Å². The Bertz CT molecular complexity index is 323. The van der Waals surface area contributed by atoms with E-state index in [0.29, 0.717) is 0 Å². The molecule has 1 aromatic heterocycles. The number of likely N-dealkylation sites (N-methyl/N-ethyl adjacent to an activating group) is 1. The lowest BCUT2D eigenvalue weighted by molar-refractivity contribution is 0.317. The number of hydrogen-bond donors (Lipinski definition) is 1. The third-order valence-corrected chi connectivity index (χ3v) is 2.76. The molecule has 0 saturated heterocycles. The maximum Gasteiger partial charge on any atom is 0.0572 e. The van der Waals surface area contributed by atoms with Gasteiger partial charge < -0.3 is 5.32 Å². The Labute approximate surface area is 105 Å². The molecule has 1 aromatic rings. The maximum atomic E-state index is 4.41. The lowest BCUT2D eigenvalue weighted by Gasteiger charge is -2.18. The van der Waals surface area contributed by atoms with Crippen molar-refractivity contribution >= 4 is 0 Å². The van der Waals surface area contributed by atoms with E-state index in [2.05, 4.69) is 49.1 Å². The molecule has 0 spiro atoms. The first-order chi connectivity index (χ1) is 8.09. The Morgan fingerprint density at radius 2 is 2.18 bits per heavy atom. The van der Waals surface area contributed by atoms with Crippen LogP contribution >= 0.6 is 0 Å². The SMILES string of the molecule is Cc1cccnc1CN(C)CCNCC(C)C. The zero-order valence-corrected chi connectivity index (χ0v) is 11.5. The van der Waals surface area contributed by atoms with Crippen LogP contribution in [0.1, 0.15) is 25.1 Å². The van der Waals surface area contributed by atoms with E-state index in [-0.39, 0.29) is 0 Å². The Kier molecular flexibility index (Phi) is 6.16. The van der Waals surface area contributed by atoms with Crippen molar-refractivity contribution in [2.24, 2.45) is 5.92 Å². The molecule has 1 N–H and O–H groups in total. The number of aromatic nitrogens is 1. The average molecular weight is 235 g/mol. The quantitative estimate of drug-likeness (QED) is 0.733. The monoisotopic (exact) mass is 235 g/mol. The van der Waals surface area contributed by atoms with E-state index in [1.165, 1.54) is 11.3 Å². The zero-order valence-electron chi connectivity index (χ0n) is 11.5. The molecule has 0 radical (unpaired) electrons. The van der Waals surface area contributed by atoms with E-state index in [4.69, 9.17) is 0 Å². The number of hydrogen-bond acceptors (Lipinski definition) is 3. The molecule has 0 unspecified atom stereocenters. The lowest BCUT2D eigenvalue weighted by atomic mass is 10.2. The molecule has 0 saturated carbocycles. The number of nitrogens with zero attached hydrogens (tertiary/aromatic N) is 2. The van der Waals surface area contributed by atoms with Crippen molar-refractivity contribution in [2.75, 3.05) is 26.7 Å². The molecule has 0 bridgehead atoms. The number of nitrogens with one attached hydrogen (secondary N) is 1. The molecule has 0 fully saturated rings. The van der Waals surface area contributed by atoms with E-state index in [0.717, 1.165) is 32.1 Å². The first-order valence-corrected chi connectivity index (χ1v) is 6.39. The van der Waals surface area contributed by atoms with Gasteiger partial charge in [0.15, 0.2) is 0 Å². The molecular formula is C14H25N3. The van der Waals surface area contributed by atoms with Gasteiger partial charge in [0, 0.05) is 25.8 Å². The largest absolute Gasteiger partial charge is 0.315 e. The summed E-state index contributed by atoms with van der Waals surface area (Å²) in [7, 11) is 2.14. The van der Waals surface area contributed by atoms with E-state index in [1.807, 2.05) is 12.3 Å². The molecule has 96 valence electrons. The van der Waals surface area contributed by atoms with Crippen LogP contribution in [-0.2, 0) is 6.54 Å². The van der Waals surface area contributed by atoms with Crippen LogP contribution in [-0.4, -0.2) is 36.6 Å². The molecular weight excluding hydrogens is 210 g/mol.